The van der Waals surface area contributed by atoms with Crippen molar-refractivity contribution in [2.75, 3.05) is 13.1 Å². The first-order valence-electron chi connectivity index (χ1n) is 6.45. The van der Waals surface area contributed by atoms with E-state index >= 15 is 0 Å². The number of fused-ring (bicyclic) bond motifs is 1. The molecule has 6 heteroatoms. The summed E-state index contributed by atoms with van der Waals surface area (Å²) in [7, 11) is -3.34. The van der Waals surface area contributed by atoms with Crippen LogP contribution in [0, 0.1) is 0 Å². The normalized spacial score (nSPS) is 23.1. The highest BCUT2D eigenvalue weighted by molar-refractivity contribution is 7.89. The van der Waals surface area contributed by atoms with Gasteiger partial charge in [0.1, 0.15) is 0 Å². The number of nitrogens with two attached hydrogens (primary N) is 1. The molecule has 3 rings (SSSR count). The van der Waals surface area contributed by atoms with Crippen LogP contribution < -0.4 is 5.73 Å². The highest BCUT2D eigenvalue weighted by Gasteiger charge is 2.31. The quantitative estimate of drug-likeness (QED) is 0.896. The zero-order valence-corrected chi connectivity index (χ0v) is 12.3. The summed E-state index contributed by atoms with van der Waals surface area (Å²) in [6.07, 6.45) is 3.96. The molecule has 106 valence electrons. The lowest BCUT2D eigenvalue weighted by molar-refractivity contribution is 0.472. The van der Waals surface area contributed by atoms with Gasteiger partial charge in [0.05, 0.1) is 4.90 Å². The van der Waals surface area contributed by atoms with Crippen LogP contribution in [0.5, 0.6) is 0 Å². The maximum atomic E-state index is 12.5. The molecule has 1 fully saturated rings. The Hall–Kier alpha value is -0.620. The van der Waals surface area contributed by atoms with Gasteiger partial charge in [0.15, 0.2) is 0 Å². The van der Waals surface area contributed by atoms with Crippen LogP contribution in [0.2, 0.25) is 0 Å². The number of hydrogen-bond acceptors (Lipinski definition) is 3. The third-order valence-corrected chi connectivity index (χ3v) is 5.76. The van der Waals surface area contributed by atoms with Gasteiger partial charge < -0.3 is 5.73 Å². The zero-order valence-electron chi connectivity index (χ0n) is 10.7. The first kappa shape index (κ1) is 14.8. The Bertz CT molecular complexity index is 574. The van der Waals surface area contributed by atoms with Crippen molar-refractivity contribution >= 4 is 22.4 Å². The lowest BCUT2D eigenvalue weighted by Crippen LogP contribution is -2.32. The monoisotopic (exact) mass is 302 g/mol. The van der Waals surface area contributed by atoms with Crippen LogP contribution in [0.3, 0.4) is 0 Å². The average molecular weight is 303 g/mol. The molecule has 19 heavy (non-hydrogen) atoms. The third kappa shape index (κ3) is 2.65. The molecule has 2 aliphatic rings. The van der Waals surface area contributed by atoms with Crippen LogP contribution in [0.4, 0.5) is 0 Å². The van der Waals surface area contributed by atoms with E-state index in [1.807, 2.05) is 12.1 Å². The van der Waals surface area contributed by atoms with E-state index in [1.165, 1.54) is 15.4 Å². The maximum absolute atomic E-state index is 12.5. The third-order valence-electron chi connectivity index (χ3n) is 3.90. The number of sulfonamides is 1. The maximum Gasteiger partial charge on any atom is 0.243 e. The van der Waals surface area contributed by atoms with Crippen molar-refractivity contribution in [1.82, 2.24) is 4.31 Å². The molecule has 1 aromatic carbocycles. The van der Waals surface area contributed by atoms with E-state index in [2.05, 4.69) is 0 Å². The van der Waals surface area contributed by atoms with E-state index < -0.39 is 10.0 Å². The minimum absolute atomic E-state index is 0. The van der Waals surface area contributed by atoms with Crippen molar-refractivity contribution in [3.8, 4) is 0 Å². The summed E-state index contributed by atoms with van der Waals surface area (Å²) >= 11 is 0. The van der Waals surface area contributed by atoms with Crippen molar-refractivity contribution in [3.05, 3.63) is 29.3 Å². The Morgan fingerprint density at radius 2 is 1.95 bits per heavy atom. The molecule has 1 aromatic rings. The highest BCUT2D eigenvalue weighted by atomic mass is 35.5. The second-order valence-corrected chi connectivity index (χ2v) is 7.13. The number of nitrogens with zero attached hydrogens (tertiary/aromatic N) is 1. The first-order chi connectivity index (χ1) is 8.57. The second-order valence-electron chi connectivity index (χ2n) is 5.20. The van der Waals surface area contributed by atoms with E-state index in [1.54, 1.807) is 6.07 Å². The summed E-state index contributed by atoms with van der Waals surface area (Å²) < 4.78 is 26.4. The van der Waals surface area contributed by atoms with Crippen LogP contribution in [-0.2, 0) is 22.9 Å². The van der Waals surface area contributed by atoms with E-state index in [4.69, 9.17) is 5.73 Å². The van der Waals surface area contributed by atoms with Crippen molar-refractivity contribution in [2.24, 2.45) is 5.73 Å². The SMILES string of the molecule is Cl.N[C@H]1CCN(S(=O)(=O)c2ccc3c(c2)CCC3)C1. The second kappa shape index (κ2) is 5.40. The fraction of sp³-hybridized carbons (Fsp3) is 0.538. The summed E-state index contributed by atoms with van der Waals surface area (Å²) in [4.78, 5) is 0.428. The molecule has 1 aliphatic heterocycles. The number of benzene rings is 1. The molecule has 0 amide bonds. The Balaban J connectivity index is 0.00000133. The molecule has 0 bridgehead atoms. The van der Waals surface area contributed by atoms with E-state index in [0.29, 0.717) is 18.0 Å². The van der Waals surface area contributed by atoms with Crippen molar-refractivity contribution in [1.29, 1.82) is 0 Å². The van der Waals surface area contributed by atoms with Gasteiger partial charge in [-0.15, -0.1) is 12.4 Å². The van der Waals surface area contributed by atoms with Gasteiger partial charge in [-0.1, -0.05) is 6.07 Å². The van der Waals surface area contributed by atoms with Crippen LogP contribution >= 0.6 is 12.4 Å². The predicted molar refractivity (Wildman–Crippen MR) is 77.1 cm³/mol. The molecule has 1 heterocycles. The van der Waals surface area contributed by atoms with Crippen LogP contribution in [0.25, 0.3) is 0 Å². The number of aryl methyl sites for hydroxylation is 2. The molecule has 4 nitrogen and oxygen atoms in total. The Kier molecular flexibility index (Phi) is 4.20. The highest BCUT2D eigenvalue weighted by Crippen LogP contribution is 2.27. The largest absolute Gasteiger partial charge is 0.326 e. The molecule has 1 saturated heterocycles. The Morgan fingerprint density at radius 3 is 2.63 bits per heavy atom. The van der Waals surface area contributed by atoms with Crippen molar-refractivity contribution in [2.45, 2.75) is 36.6 Å². The van der Waals surface area contributed by atoms with Gasteiger partial charge in [-0.2, -0.15) is 4.31 Å². The van der Waals surface area contributed by atoms with Crippen molar-refractivity contribution < 1.29 is 8.42 Å². The molecule has 0 radical (unpaired) electrons. The lowest BCUT2D eigenvalue weighted by Gasteiger charge is -2.16. The van der Waals surface area contributed by atoms with Gasteiger partial charge in [-0.3, -0.25) is 0 Å². The minimum atomic E-state index is -3.34. The minimum Gasteiger partial charge on any atom is -0.326 e. The molecule has 2 N–H and O–H groups in total. The summed E-state index contributed by atoms with van der Waals surface area (Å²) in [6.45, 7) is 0.986. The molecule has 1 aliphatic carbocycles. The lowest BCUT2D eigenvalue weighted by atomic mass is 10.1. The number of hydrogen-bond donors (Lipinski definition) is 1. The fourth-order valence-electron chi connectivity index (χ4n) is 2.83. The first-order valence-corrected chi connectivity index (χ1v) is 7.89. The molecule has 0 unspecified atom stereocenters. The van der Waals surface area contributed by atoms with Crippen LogP contribution in [-0.4, -0.2) is 31.9 Å². The Labute approximate surface area is 120 Å². The molecule has 0 spiro atoms. The van der Waals surface area contributed by atoms with Gasteiger partial charge in [0.25, 0.3) is 0 Å². The predicted octanol–water partition coefficient (Wildman–Crippen LogP) is 1.32. The summed E-state index contributed by atoms with van der Waals surface area (Å²) in [5.41, 5.74) is 8.28. The number of rotatable bonds is 2. The van der Waals surface area contributed by atoms with Gasteiger partial charge in [-0.25, -0.2) is 8.42 Å². The fourth-order valence-corrected chi connectivity index (χ4v) is 4.39. The molecular formula is C13H19ClN2O2S. The van der Waals surface area contributed by atoms with Crippen LogP contribution in [0.1, 0.15) is 24.0 Å². The van der Waals surface area contributed by atoms with Crippen molar-refractivity contribution in [3.63, 3.8) is 0 Å². The smallest absolute Gasteiger partial charge is 0.243 e. The summed E-state index contributed by atoms with van der Waals surface area (Å²) in [6, 6.07) is 5.53. The molecule has 0 saturated carbocycles. The standard InChI is InChI=1S/C13H18N2O2S.ClH/c14-12-6-7-15(9-12)18(16,17)13-5-4-10-2-1-3-11(10)8-13;/h4-5,8,12H,1-3,6-7,9,14H2;1H/t12-;/m0./s1. The van der Waals surface area contributed by atoms with Gasteiger partial charge in [0, 0.05) is 19.1 Å². The molecule has 1 atom stereocenters. The van der Waals surface area contributed by atoms with Gasteiger partial charge in [0.2, 0.25) is 10.0 Å². The topological polar surface area (TPSA) is 63.4 Å². The summed E-state index contributed by atoms with van der Waals surface area (Å²) in [5, 5.41) is 0. The summed E-state index contributed by atoms with van der Waals surface area (Å²) in [5.74, 6) is 0. The van der Waals surface area contributed by atoms with E-state index in [0.717, 1.165) is 25.7 Å². The Morgan fingerprint density at radius 1 is 1.21 bits per heavy atom. The van der Waals surface area contributed by atoms with Gasteiger partial charge >= 0.3 is 0 Å². The zero-order chi connectivity index (χ0) is 12.8. The molecular weight excluding hydrogens is 284 g/mol. The number of halogens is 1. The van der Waals surface area contributed by atoms with Gasteiger partial charge in [-0.05, 0) is 48.9 Å². The average Bonchev–Trinajstić information content (AvgIpc) is 2.96. The van der Waals surface area contributed by atoms with E-state index in [9.17, 15) is 8.42 Å². The van der Waals surface area contributed by atoms with Crippen LogP contribution in [0.15, 0.2) is 23.1 Å². The molecule has 0 aromatic heterocycles. The van der Waals surface area contributed by atoms with E-state index in [-0.39, 0.29) is 18.4 Å².